The Bertz CT molecular complexity index is 906. The summed E-state index contributed by atoms with van der Waals surface area (Å²) in [5, 5.41) is 29.6. The van der Waals surface area contributed by atoms with Crippen molar-refractivity contribution in [3.05, 3.63) is 46.9 Å². The molecule has 1 saturated heterocycles. The van der Waals surface area contributed by atoms with Crippen LogP contribution in [0.1, 0.15) is 5.56 Å². The minimum Gasteiger partial charge on any atom is -0.592 e. The number of likely N-dealkylation sites (N-methyl/N-ethyl adjacent to an activating group) is 1. The van der Waals surface area contributed by atoms with Gasteiger partial charge in [-0.05, 0) is 41.6 Å². The van der Waals surface area contributed by atoms with E-state index in [-0.39, 0.29) is 11.4 Å². The predicted molar refractivity (Wildman–Crippen MR) is 116 cm³/mol. The number of piperazine rings is 1. The molecule has 3 N–H and O–H groups in total. The van der Waals surface area contributed by atoms with E-state index in [2.05, 4.69) is 39.8 Å². The Morgan fingerprint density at radius 2 is 1.93 bits per heavy atom. The molecule has 0 radical (unpaired) electrons. The summed E-state index contributed by atoms with van der Waals surface area (Å²) in [4.78, 5) is 4.77. The van der Waals surface area contributed by atoms with Gasteiger partial charge in [-0.15, -0.1) is 4.72 Å². The zero-order valence-corrected chi connectivity index (χ0v) is 17.2. The average Bonchev–Trinajstić information content (AvgIpc) is 2.75. The number of hydrogen-bond acceptors (Lipinski definition) is 7. The summed E-state index contributed by atoms with van der Waals surface area (Å²) in [6, 6.07) is 14.2. The van der Waals surface area contributed by atoms with Crippen molar-refractivity contribution < 1.29 is 14.8 Å². The largest absolute Gasteiger partial charge is 0.592 e. The molecule has 2 aromatic rings. The van der Waals surface area contributed by atoms with Gasteiger partial charge in [0.25, 0.3) is 4.91 Å². The molecule has 8 heteroatoms. The lowest BCUT2D eigenvalue weighted by atomic mass is 10.1. The van der Waals surface area contributed by atoms with Crippen LogP contribution < -0.4 is 9.62 Å². The molecule has 0 aromatic heterocycles. The Labute approximate surface area is 174 Å². The molecule has 154 valence electrons. The van der Waals surface area contributed by atoms with Crippen LogP contribution in [0.2, 0.25) is 0 Å². The van der Waals surface area contributed by atoms with Gasteiger partial charge in [0.05, 0.1) is 30.6 Å². The van der Waals surface area contributed by atoms with Crippen molar-refractivity contribution in [1.29, 1.82) is 5.26 Å². The van der Waals surface area contributed by atoms with Crippen LogP contribution in [-0.4, -0.2) is 72.1 Å². The van der Waals surface area contributed by atoms with Crippen molar-refractivity contribution in [2.24, 2.45) is 0 Å². The predicted octanol–water partition coefficient (Wildman–Crippen LogP) is 1.06. The normalized spacial score (nSPS) is 17.9. The number of benzene rings is 2. The van der Waals surface area contributed by atoms with Crippen LogP contribution in [0.15, 0.2) is 41.3 Å². The molecular weight excluding hydrogens is 388 g/mol. The van der Waals surface area contributed by atoms with Gasteiger partial charge in [0.15, 0.2) is 6.07 Å². The highest BCUT2D eigenvalue weighted by molar-refractivity contribution is 7.93. The number of hydrogen-bond donors (Lipinski definition) is 3. The Morgan fingerprint density at radius 1 is 1.24 bits per heavy atom. The molecule has 1 aliphatic heterocycles. The van der Waals surface area contributed by atoms with Crippen molar-refractivity contribution in [2.45, 2.75) is 6.10 Å². The van der Waals surface area contributed by atoms with E-state index in [1.54, 1.807) is 6.08 Å². The van der Waals surface area contributed by atoms with E-state index in [1.807, 2.05) is 24.3 Å². The fraction of sp³-hybridized carbons (Fsp3) is 0.381. The van der Waals surface area contributed by atoms with Crippen molar-refractivity contribution >= 4 is 33.9 Å². The Balaban J connectivity index is 1.75. The van der Waals surface area contributed by atoms with Crippen LogP contribution in [0.4, 0.5) is 5.69 Å². The summed E-state index contributed by atoms with van der Waals surface area (Å²) < 4.78 is 14.8. The Hall–Kier alpha value is -2.12. The lowest BCUT2D eigenvalue weighted by molar-refractivity contribution is 0.0989. The highest BCUT2D eigenvalue weighted by Crippen LogP contribution is 2.25. The number of fused-ring (bicyclic) bond motifs is 1. The molecule has 3 rings (SSSR count). The monoisotopic (exact) mass is 414 g/mol. The second-order valence-electron chi connectivity index (χ2n) is 7.16. The number of nitrogens with one attached hydrogen (secondary N) is 1. The van der Waals surface area contributed by atoms with Crippen molar-refractivity contribution in [3.8, 4) is 6.07 Å². The molecule has 2 atom stereocenters. The molecule has 2 aromatic carbocycles. The summed E-state index contributed by atoms with van der Waals surface area (Å²) in [7, 11) is 2.14. The van der Waals surface area contributed by atoms with E-state index in [1.165, 1.54) is 5.69 Å². The number of nitrogens with zero attached hydrogens (tertiary/aromatic N) is 3. The summed E-state index contributed by atoms with van der Waals surface area (Å²) in [6.07, 6.45) is 0.552. The van der Waals surface area contributed by atoms with E-state index in [9.17, 15) is 14.9 Å². The van der Waals surface area contributed by atoms with Gasteiger partial charge in [-0.2, -0.15) is 5.26 Å². The molecule has 0 spiro atoms. The maximum Gasteiger partial charge on any atom is 0.250 e. The van der Waals surface area contributed by atoms with E-state index in [4.69, 9.17) is 5.11 Å². The number of aliphatic hydroxyl groups excluding tert-OH is 2. The number of rotatable bonds is 7. The molecule has 1 heterocycles. The number of nitriles is 1. The average molecular weight is 415 g/mol. The highest BCUT2D eigenvalue weighted by atomic mass is 32.2. The minimum absolute atomic E-state index is 0.0588. The van der Waals surface area contributed by atoms with Crippen molar-refractivity contribution in [1.82, 2.24) is 9.62 Å². The lowest BCUT2D eigenvalue weighted by Crippen LogP contribution is -2.44. The Morgan fingerprint density at radius 3 is 2.62 bits per heavy atom. The summed E-state index contributed by atoms with van der Waals surface area (Å²) >= 11 is -1.76. The topological polar surface area (TPSA) is 106 Å². The number of aliphatic hydroxyl groups is 2. The van der Waals surface area contributed by atoms with E-state index >= 15 is 0 Å². The molecule has 0 amide bonds. The van der Waals surface area contributed by atoms with Crippen LogP contribution in [0.25, 0.3) is 16.8 Å². The van der Waals surface area contributed by atoms with Gasteiger partial charge in [0, 0.05) is 37.9 Å². The van der Waals surface area contributed by atoms with Gasteiger partial charge in [-0.1, -0.05) is 18.2 Å². The highest BCUT2D eigenvalue weighted by Gasteiger charge is 2.17. The zero-order valence-electron chi connectivity index (χ0n) is 16.4. The maximum absolute atomic E-state index is 12.2. The lowest BCUT2D eigenvalue weighted by Gasteiger charge is -2.34. The maximum atomic E-state index is 12.2. The van der Waals surface area contributed by atoms with Gasteiger partial charge in [0.1, 0.15) is 0 Å². The molecular formula is C21H26N4O3S. The molecule has 29 heavy (non-hydrogen) atoms. The summed E-state index contributed by atoms with van der Waals surface area (Å²) in [5.41, 5.74) is 1.98. The molecule has 0 saturated carbocycles. The third-order valence-corrected chi connectivity index (χ3v) is 6.02. The first kappa shape index (κ1) is 21.6. The number of anilines is 1. The van der Waals surface area contributed by atoms with Gasteiger partial charge < -0.3 is 24.6 Å². The SMILES string of the molecule is CN1CCN(c2ccc3cc(/C=C(\C#N)[S+]([O-])NCC(O)CO)ccc3c2)CC1. The molecule has 0 bridgehead atoms. The standard InChI is InChI=1S/C21H26N4O3S/c1-24-6-8-25(9-7-24)19-5-4-17-10-16(2-3-18(17)12-19)11-21(13-22)29(28)23-14-20(27)15-26/h2-5,10-12,20,23,26-27H,6-9,14-15H2,1H3/b21-11+. The molecule has 0 aliphatic carbocycles. The second kappa shape index (κ2) is 10.1. The van der Waals surface area contributed by atoms with Crippen molar-refractivity contribution in [2.75, 3.05) is 51.3 Å². The first-order valence-corrected chi connectivity index (χ1v) is 10.7. The minimum atomic E-state index is -1.76. The summed E-state index contributed by atoms with van der Waals surface area (Å²) in [6.45, 7) is 3.64. The van der Waals surface area contributed by atoms with Gasteiger partial charge in [-0.25, -0.2) is 0 Å². The van der Waals surface area contributed by atoms with Crippen LogP contribution in [0.3, 0.4) is 0 Å². The molecule has 2 unspecified atom stereocenters. The molecule has 1 fully saturated rings. The number of allylic oxidation sites excluding steroid dienone is 1. The Kier molecular flexibility index (Phi) is 7.50. The third kappa shape index (κ3) is 5.70. The van der Waals surface area contributed by atoms with Crippen LogP contribution in [0.5, 0.6) is 0 Å². The van der Waals surface area contributed by atoms with Gasteiger partial charge in [-0.3, -0.25) is 0 Å². The molecule has 7 nitrogen and oxygen atoms in total. The summed E-state index contributed by atoms with van der Waals surface area (Å²) in [5.74, 6) is 0. The van der Waals surface area contributed by atoms with Crippen LogP contribution in [-0.2, 0) is 11.4 Å². The second-order valence-corrected chi connectivity index (χ2v) is 8.42. The third-order valence-electron chi connectivity index (χ3n) is 4.98. The van der Waals surface area contributed by atoms with E-state index in [0.717, 1.165) is 42.5 Å². The van der Waals surface area contributed by atoms with Gasteiger partial charge in [0.2, 0.25) is 0 Å². The molecule has 1 aliphatic rings. The van der Waals surface area contributed by atoms with E-state index < -0.39 is 24.1 Å². The smallest absolute Gasteiger partial charge is 0.250 e. The fourth-order valence-electron chi connectivity index (χ4n) is 3.20. The van der Waals surface area contributed by atoms with Crippen LogP contribution >= 0.6 is 0 Å². The van der Waals surface area contributed by atoms with Crippen molar-refractivity contribution in [3.63, 3.8) is 0 Å². The van der Waals surface area contributed by atoms with Gasteiger partial charge >= 0.3 is 0 Å². The first-order chi connectivity index (χ1) is 14.0. The quantitative estimate of drug-likeness (QED) is 0.460. The first-order valence-electron chi connectivity index (χ1n) is 9.53. The fourth-order valence-corrected chi connectivity index (χ4v) is 4.02. The van der Waals surface area contributed by atoms with E-state index in [0.29, 0.717) is 0 Å². The van der Waals surface area contributed by atoms with Crippen LogP contribution in [0, 0.1) is 11.3 Å². The zero-order chi connectivity index (χ0) is 20.8.